The normalized spacial score (nSPS) is 12.4. The number of carbonyl (C=O) groups excluding carboxylic acids is 1. The largest absolute Gasteiger partial charge is 0.462 e. The van der Waals surface area contributed by atoms with Gasteiger partial charge in [-0.15, -0.1) is 0 Å². The fraction of sp³-hybridized carbons (Fsp3) is 0.600. The number of esters is 1. The molecule has 1 aromatic rings. The monoisotopic (exact) mass is 291 g/mol. The van der Waals surface area contributed by atoms with Gasteiger partial charge in [-0.1, -0.05) is 0 Å². The first-order valence-corrected chi connectivity index (χ1v) is 7.08. The molecular weight excluding hydrogens is 274 g/mol. The zero-order chi connectivity index (χ0) is 14.7. The van der Waals surface area contributed by atoms with Gasteiger partial charge in [0.15, 0.2) is 5.03 Å². The number of carbonyl (C=O) groups is 1. The van der Waals surface area contributed by atoms with E-state index in [9.17, 15) is 18.3 Å². The summed E-state index contributed by atoms with van der Waals surface area (Å²) in [6.45, 7) is 4.44. The zero-order valence-corrected chi connectivity index (χ0v) is 11.7. The fourth-order valence-corrected chi connectivity index (χ4v) is 2.46. The van der Waals surface area contributed by atoms with Gasteiger partial charge in [-0.05, 0) is 20.8 Å². The Morgan fingerprint density at radius 2 is 2.21 bits per heavy atom. The minimum Gasteiger partial charge on any atom is -0.462 e. The predicted octanol–water partition coefficient (Wildman–Crippen LogP) is -0.364. The summed E-state index contributed by atoms with van der Waals surface area (Å²) in [5.74, 6) is -0.778. The second-order valence-corrected chi connectivity index (χ2v) is 6.17. The maximum atomic E-state index is 12.0. The predicted molar refractivity (Wildman–Crippen MR) is 66.0 cm³/mol. The van der Waals surface area contributed by atoms with Crippen molar-refractivity contribution in [2.24, 2.45) is 0 Å². The number of ether oxygens (including phenoxy) is 1. The molecule has 0 saturated heterocycles. The summed E-state index contributed by atoms with van der Waals surface area (Å²) >= 11 is 0. The summed E-state index contributed by atoms with van der Waals surface area (Å²) in [6, 6.07) is 0. The number of rotatable bonds is 6. The summed E-state index contributed by atoms with van der Waals surface area (Å²) in [4.78, 5) is 11.6. The average molecular weight is 291 g/mol. The molecule has 0 aromatic carbocycles. The van der Waals surface area contributed by atoms with E-state index in [2.05, 4.69) is 14.9 Å². The molecule has 1 heterocycles. The van der Waals surface area contributed by atoms with Crippen LogP contribution in [0.5, 0.6) is 0 Å². The number of aliphatic hydroxyl groups is 1. The lowest BCUT2D eigenvalue weighted by Gasteiger charge is -2.17. The van der Waals surface area contributed by atoms with E-state index >= 15 is 0 Å². The Hall–Kier alpha value is -1.45. The Bertz CT molecular complexity index is 544. The summed E-state index contributed by atoms with van der Waals surface area (Å²) in [7, 11) is -3.97. The lowest BCUT2D eigenvalue weighted by atomic mass is 10.1. The van der Waals surface area contributed by atoms with Gasteiger partial charge in [0.05, 0.1) is 18.4 Å². The maximum absolute atomic E-state index is 12.0. The number of nitrogens with zero attached hydrogens (tertiary/aromatic N) is 1. The van der Waals surface area contributed by atoms with Gasteiger partial charge in [0.25, 0.3) is 10.0 Å². The van der Waals surface area contributed by atoms with E-state index in [4.69, 9.17) is 4.74 Å². The molecule has 9 heteroatoms. The van der Waals surface area contributed by atoms with Crippen molar-refractivity contribution in [3.05, 3.63) is 11.8 Å². The van der Waals surface area contributed by atoms with Gasteiger partial charge in [0.1, 0.15) is 5.56 Å². The van der Waals surface area contributed by atoms with E-state index < -0.39 is 21.6 Å². The van der Waals surface area contributed by atoms with Gasteiger partial charge in [-0.3, -0.25) is 5.10 Å². The number of sulfonamides is 1. The van der Waals surface area contributed by atoms with Crippen LogP contribution in [0, 0.1) is 0 Å². The average Bonchev–Trinajstić information content (AvgIpc) is 2.75. The van der Waals surface area contributed by atoms with Crippen LogP contribution in [-0.2, 0) is 14.8 Å². The van der Waals surface area contributed by atoms with E-state index in [0.29, 0.717) is 0 Å². The van der Waals surface area contributed by atoms with Crippen LogP contribution in [0.15, 0.2) is 11.2 Å². The van der Waals surface area contributed by atoms with Gasteiger partial charge in [0, 0.05) is 6.54 Å². The molecule has 108 valence electrons. The topological polar surface area (TPSA) is 121 Å². The molecular formula is C10H17N3O5S. The van der Waals surface area contributed by atoms with E-state index in [1.54, 1.807) is 6.92 Å². The molecule has 1 rings (SSSR count). The number of hydrogen-bond acceptors (Lipinski definition) is 6. The van der Waals surface area contributed by atoms with Gasteiger partial charge >= 0.3 is 5.97 Å². The van der Waals surface area contributed by atoms with Crippen LogP contribution >= 0.6 is 0 Å². The summed E-state index contributed by atoms with van der Waals surface area (Å²) < 4.78 is 30.8. The minimum absolute atomic E-state index is 0.126. The highest BCUT2D eigenvalue weighted by atomic mass is 32.2. The van der Waals surface area contributed by atoms with Gasteiger partial charge in [-0.2, -0.15) is 5.10 Å². The number of aromatic amines is 1. The van der Waals surface area contributed by atoms with Crippen LogP contribution < -0.4 is 4.72 Å². The minimum atomic E-state index is -3.97. The highest BCUT2D eigenvalue weighted by Crippen LogP contribution is 2.13. The molecule has 3 N–H and O–H groups in total. The second kappa shape index (κ2) is 5.68. The molecule has 0 bridgehead atoms. The number of hydrogen-bond donors (Lipinski definition) is 3. The smallest absolute Gasteiger partial charge is 0.342 e. The first-order valence-electron chi connectivity index (χ1n) is 5.60. The quantitative estimate of drug-likeness (QED) is 0.615. The van der Waals surface area contributed by atoms with Crippen LogP contribution in [0.25, 0.3) is 0 Å². The van der Waals surface area contributed by atoms with E-state index in [-0.39, 0.29) is 23.7 Å². The van der Waals surface area contributed by atoms with Crippen LogP contribution in [0.1, 0.15) is 31.1 Å². The molecule has 0 amide bonds. The van der Waals surface area contributed by atoms with Crippen LogP contribution in [-0.4, -0.2) is 48.4 Å². The molecule has 0 atom stereocenters. The third-order valence-corrected chi connectivity index (χ3v) is 3.44. The van der Waals surface area contributed by atoms with E-state index in [1.165, 1.54) is 13.8 Å². The van der Waals surface area contributed by atoms with Gasteiger partial charge < -0.3 is 9.84 Å². The summed E-state index contributed by atoms with van der Waals surface area (Å²) in [6.07, 6.45) is 1.08. The molecule has 0 fully saturated rings. The number of nitrogens with one attached hydrogen (secondary N) is 2. The fourth-order valence-electron chi connectivity index (χ4n) is 1.18. The van der Waals surface area contributed by atoms with Crippen LogP contribution in [0.2, 0.25) is 0 Å². The molecule has 0 saturated carbocycles. The van der Waals surface area contributed by atoms with Crippen molar-refractivity contribution in [2.75, 3.05) is 13.2 Å². The van der Waals surface area contributed by atoms with Crippen LogP contribution in [0.3, 0.4) is 0 Å². The molecule has 1 aromatic heterocycles. The zero-order valence-electron chi connectivity index (χ0n) is 10.9. The highest BCUT2D eigenvalue weighted by Gasteiger charge is 2.27. The van der Waals surface area contributed by atoms with E-state index in [0.717, 1.165) is 6.20 Å². The van der Waals surface area contributed by atoms with Crippen molar-refractivity contribution in [2.45, 2.75) is 31.4 Å². The Kier molecular flexibility index (Phi) is 4.66. The molecule has 0 aliphatic carbocycles. The van der Waals surface area contributed by atoms with E-state index in [1.807, 2.05) is 0 Å². The highest BCUT2D eigenvalue weighted by molar-refractivity contribution is 7.89. The van der Waals surface area contributed by atoms with Crippen molar-refractivity contribution in [3.63, 3.8) is 0 Å². The summed E-state index contributed by atoms with van der Waals surface area (Å²) in [5, 5.41) is 14.9. The third-order valence-electron chi connectivity index (χ3n) is 2.06. The standard InChI is InChI=1S/C10H17N3O5S/c1-4-18-9(14)7-5-11-13-8(7)19(16,17)12-6-10(2,3)15/h5,12,15H,4,6H2,1-3H3,(H,11,13). The van der Waals surface area contributed by atoms with Crippen LogP contribution in [0.4, 0.5) is 0 Å². The molecule has 19 heavy (non-hydrogen) atoms. The molecule has 0 spiro atoms. The van der Waals surface area contributed by atoms with Crippen molar-refractivity contribution < 1.29 is 23.1 Å². The first kappa shape index (κ1) is 15.6. The summed E-state index contributed by atoms with van der Waals surface area (Å²) in [5.41, 5.74) is -1.39. The Morgan fingerprint density at radius 1 is 1.58 bits per heavy atom. The molecule has 0 unspecified atom stereocenters. The number of aromatic nitrogens is 2. The molecule has 0 radical (unpaired) electrons. The first-order chi connectivity index (χ1) is 8.67. The van der Waals surface area contributed by atoms with Gasteiger partial charge in [0.2, 0.25) is 0 Å². The lowest BCUT2D eigenvalue weighted by Crippen LogP contribution is -2.38. The van der Waals surface area contributed by atoms with Crippen molar-refractivity contribution in [3.8, 4) is 0 Å². The third kappa shape index (κ3) is 4.30. The molecule has 0 aliphatic rings. The molecule has 0 aliphatic heterocycles. The van der Waals surface area contributed by atoms with Crippen molar-refractivity contribution >= 4 is 16.0 Å². The second-order valence-electron chi connectivity index (χ2n) is 4.47. The SMILES string of the molecule is CCOC(=O)c1cn[nH]c1S(=O)(=O)NCC(C)(C)O. The maximum Gasteiger partial charge on any atom is 0.342 e. The van der Waals surface area contributed by atoms with Crippen molar-refractivity contribution in [1.29, 1.82) is 0 Å². The molecule has 8 nitrogen and oxygen atoms in total. The number of H-pyrrole nitrogens is 1. The Morgan fingerprint density at radius 3 is 2.74 bits per heavy atom. The Labute approximate surface area is 111 Å². The lowest BCUT2D eigenvalue weighted by molar-refractivity contribution is 0.0522. The van der Waals surface area contributed by atoms with Gasteiger partial charge in [-0.25, -0.2) is 17.9 Å². The Balaban J connectivity index is 2.97. The van der Waals surface area contributed by atoms with Crippen molar-refractivity contribution in [1.82, 2.24) is 14.9 Å².